The van der Waals surface area contributed by atoms with Gasteiger partial charge in [0.2, 0.25) is 5.91 Å². The summed E-state index contributed by atoms with van der Waals surface area (Å²) in [5.41, 5.74) is 3.25. The van der Waals surface area contributed by atoms with Crippen LogP contribution in [0.25, 0.3) is 0 Å². The van der Waals surface area contributed by atoms with Crippen LogP contribution in [0.3, 0.4) is 0 Å². The second-order valence-electron chi connectivity index (χ2n) is 5.16. The Labute approximate surface area is 135 Å². The van der Waals surface area contributed by atoms with Gasteiger partial charge in [0.25, 0.3) is 0 Å². The van der Waals surface area contributed by atoms with Gasteiger partial charge in [-0.2, -0.15) is 0 Å². The van der Waals surface area contributed by atoms with Crippen molar-refractivity contribution in [3.63, 3.8) is 0 Å². The zero-order valence-corrected chi connectivity index (χ0v) is 13.3. The molecule has 0 aliphatic heterocycles. The summed E-state index contributed by atoms with van der Waals surface area (Å²) in [7, 11) is 1.35. The fourth-order valence-corrected chi connectivity index (χ4v) is 2.11. The highest BCUT2D eigenvalue weighted by Crippen LogP contribution is 2.11. The molecule has 23 heavy (non-hydrogen) atoms. The standard InChI is InChI=1S/C18H20N2O3/c1-13-4-3-5-16(12-13)20-17(21)10-11-19-15-8-6-14(7-9-15)18(22)23-2/h3-9,12,19H,10-11H2,1-2H3,(H,20,21). The number of benzene rings is 2. The fraction of sp³-hybridized carbons (Fsp3) is 0.222. The Morgan fingerprint density at radius 2 is 1.78 bits per heavy atom. The Morgan fingerprint density at radius 1 is 1.04 bits per heavy atom. The molecule has 0 bridgehead atoms. The second kappa shape index (κ2) is 7.98. The van der Waals surface area contributed by atoms with Crippen LogP contribution in [0.2, 0.25) is 0 Å². The van der Waals surface area contributed by atoms with Crippen molar-refractivity contribution in [3.05, 3.63) is 59.7 Å². The number of ether oxygens (including phenoxy) is 1. The van der Waals surface area contributed by atoms with E-state index in [-0.39, 0.29) is 11.9 Å². The van der Waals surface area contributed by atoms with Crippen LogP contribution in [0, 0.1) is 6.92 Å². The number of esters is 1. The average Bonchev–Trinajstić information content (AvgIpc) is 2.55. The van der Waals surface area contributed by atoms with Gasteiger partial charge in [-0.3, -0.25) is 4.79 Å². The molecule has 0 radical (unpaired) electrons. The van der Waals surface area contributed by atoms with Crippen LogP contribution in [0.15, 0.2) is 48.5 Å². The molecular weight excluding hydrogens is 292 g/mol. The summed E-state index contributed by atoms with van der Waals surface area (Å²) in [6.07, 6.45) is 0.354. The molecule has 0 aliphatic rings. The van der Waals surface area contributed by atoms with Gasteiger partial charge < -0.3 is 15.4 Å². The van der Waals surface area contributed by atoms with Crippen molar-refractivity contribution in [2.45, 2.75) is 13.3 Å². The van der Waals surface area contributed by atoms with E-state index in [9.17, 15) is 9.59 Å². The number of methoxy groups -OCH3 is 1. The molecule has 0 atom stereocenters. The molecule has 0 aromatic heterocycles. The number of nitrogens with one attached hydrogen (secondary N) is 2. The van der Waals surface area contributed by atoms with Gasteiger partial charge in [-0.05, 0) is 48.9 Å². The molecule has 0 saturated carbocycles. The fourth-order valence-electron chi connectivity index (χ4n) is 2.11. The summed E-state index contributed by atoms with van der Waals surface area (Å²) in [6, 6.07) is 14.6. The highest BCUT2D eigenvalue weighted by Gasteiger charge is 2.05. The summed E-state index contributed by atoms with van der Waals surface area (Å²) in [6.45, 7) is 2.49. The molecule has 0 saturated heterocycles. The van der Waals surface area contributed by atoms with Crippen molar-refractivity contribution in [3.8, 4) is 0 Å². The Kier molecular flexibility index (Phi) is 5.74. The molecule has 0 heterocycles. The topological polar surface area (TPSA) is 67.4 Å². The van der Waals surface area contributed by atoms with Crippen LogP contribution >= 0.6 is 0 Å². The molecule has 2 aromatic carbocycles. The van der Waals surface area contributed by atoms with E-state index in [1.54, 1.807) is 24.3 Å². The van der Waals surface area contributed by atoms with E-state index >= 15 is 0 Å². The third-order valence-electron chi connectivity index (χ3n) is 3.29. The van der Waals surface area contributed by atoms with E-state index in [0.717, 1.165) is 16.9 Å². The van der Waals surface area contributed by atoms with Crippen molar-refractivity contribution >= 4 is 23.3 Å². The number of amides is 1. The van der Waals surface area contributed by atoms with Crippen LogP contribution in [0.5, 0.6) is 0 Å². The van der Waals surface area contributed by atoms with Crippen molar-refractivity contribution < 1.29 is 14.3 Å². The molecule has 0 aliphatic carbocycles. The zero-order valence-electron chi connectivity index (χ0n) is 13.3. The normalized spacial score (nSPS) is 10.0. The van der Waals surface area contributed by atoms with Gasteiger partial charge in [0.05, 0.1) is 12.7 Å². The number of aryl methyl sites for hydroxylation is 1. The first-order chi connectivity index (χ1) is 11.1. The highest BCUT2D eigenvalue weighted by atomic mass is 16.5. The maximum atomic E-state index is 11.9. The molecule has 2 N–H and O–H groups in total. The summed E-state index contributed by atoms with van der Waals surface area (Å²) in [5, 5.41) is 6.00. The van der Waals surface area contributed by atoms with Crippen LogP contribution in [-0.2, 0) is 9.53 Å². The molecule has 5 heteroatoms. The van der Waals surface area contributed by atoms with Crippen molar-refractivity contribution in [1.82, 2.24) is 0 Å². The van der Waals surface area contributed by atoms with Crippen molar-refractivity contribution in [2.24, 2.45) is 0 Å². The van der Waals surface area contributed by atoms with Crippen LogP contribution in [0.4, 0.5) is 11.4 Å². The van der Waals surface area contributed by atoms with E-state index in [1.807, 2.05) is 31.2 Å². The van der Waals surface area contributed by atoms with Crippen LogP contribution in [-0.4, -0.2) is 25.5 Å². The molecule has 120 valence electrons. The van der Waals surface area contributed by atoms with Gasteiger partial charge in [0, 0.05) is 24.3 Å². The van der Waals surface area contributed by atoms with E-state index in [1.165, 1.54) is 7.11 Å². The number of anilines is 2. The van der Waals surface area contributed by atoms with Gasteiger partial charge >= 0.3 is 5.97 Å². The number of carbonyl (C=O) groups excluding carboxylic acids is 2. The summed E-state index contributed by atoms with van der Waals surface area (Å²) >= 11 is 0. The summed E-state index contributed by atoms with van der Waals surface area (Å²) in [4.78, 5) is 23.2. The predicted molar refractivity (Wildman–Crippen MR) is 90.7 cm³/mol. The Morgan fingerprint density at radius 3 is 2.43 bits per heavy atom. The first-order valence-corrected chi connectivity index (χ1v) is 7.37. The number of hydrogen-bond acceptors (Lipinski definition) is 4. The number of rotatable bonds is 6. The lowest BCUT2D eigenvalue weighted by molar-refractivity contribution is -0.115. The van der Waals surface area contributed by atoms with Crippen LogP contribution in [0.1, 0.15) is 22.3 Å². The first kappa shape index (κ1) is 16.5. The predicted octanol–water partition coefficient (Wildman–Crippen LogP) is 3.22. The monoisotopic (exact) mass is 312 g/mol. The molecule has 0 spiro atoms. The first-order valence-electron chi connectivity index (χ1n) is 7.37. The summed E-state index contributed by atoms with van der Waals surface area (Å²) < 4.78 is 4.64. The third-order valence-corrected chi connectivity index (χ3v) is 3.29. The van der Waals surface area contributed by atoms with Gasteiger partial charge in [0.1, 0.15) is 0 Å². The molecule has 2 rings (SSSR count). The van der Waals surface area contributed by atoms with E-state index in [0.29, 0.717) is 18.5 Å². The largest absolute Gasteiger partial charge is 0.465 e. The maximum absolute atomic E-state index is 11.9. The van der Waals surface area contributed by atoms with Crippen molar-refractivity contribution in [1.29, 1.82) is 0 Å². The lowest BCUT2D eigenvalue weighted by atomic mass is 10.2. The van der Waals surface area contributed by atoms with Gasteiger partial charge in [0.15, 0.2) is 0 Å². The quantitative estimate of drug-likeness (QED) is 0.804. The van der Waals surface area contributed by atoms with Gasteiger partial charge in [-0.15, -0.1) is 0 Å². The second-order valence-corrected chi connectivity index (χ2v) is 5.16. The van der Waals surface area contributed by atoms with E-state index in [2.05, 4.69) is 15.4 Å². The molecule has 0 fully saturated rings. The van der Waals surface area contributed by atoms with Crippen LogP contribution < -0.4 is 10.6 Å². The minimum atomic E-state index is -0.367. The molecular formula is C18H20N2O3. The minimum Gasteiger partial charge on any atom is -0.465 e. The van der Waals surface area contributed by atoms with Crippen molar-refractivity contribution in [2.75, 3.05) is 24.3 Å². The molecule has 1 amide bonds. The summed E-state index contributed by atoms with van der Waals surface area (Å²) in [5.74, 6) is -0.414. The minimum absolute atomic E-state index is 0.0470. The third kappa shape index (κ3) is 5.14. The maximum Gasteiger partial charge on any atom is 0.337 e. The highest BCUT2D eigenvalue weighted by molar-refractivity contribution is 5.91. The van der Waals surface area contributed by atoms with Gasteiger partial charge in [-0.25, -0.2) is 4.79 Å². The van der Waals surface area contributed by atoms with E-state index < -0.39 is 0 Å². The Hall–Kier alpha value is -2.82. The molecule has 5 nitrogen and oxygen atoms in total. The smallest absolute Gasteiger partial charge is 0.337 e. The number of hydrogen-bond donors (Lipinski definition) is 2. The Bertz CT molecular complexity index is 681. The lowest BCUT2D eigenvalue weighted by Gasteiger charge is -2.08. The molecule has 0 unspecified atom stereocenters. The molecule has 2 aromatic rings. The number of carbonyl (C=O) groups is 2. The zero-order chi connectivity index (χ0) is 16.7. The Balaban J connectivity index is 1.78. The average molecular weight is 312 g/mol. The van der Waals surface area contributed by atoms with E-state index in [4.69, 9.17) is 0 Å². The lowest BCUT2D eigenvalue weighted by Crippen LogP contribution is -2.16. The SMILES string of the molecule is COC(=O)c1ccc(NCCC(=O)Nc2cccc(C)c2)cc1. The van der Waals surface area contributed by atoms with Gasteiger partial charge in [-0.1, -0.05) is 12.1 Å².